The van der Waals surface area contributed by atoms with Gasteiger partial charge < -0.3 is 9.47 Å². The normalized spacial score (nSPS) is 12.0. The zero-order valence-corrected chi connectivity index (χ0v) is 21.7. The summed E-state index contributed by atoms with van der Waals surface area (Å²) >= 11 is 0. The topological polar surface area (TPSA) is 129 Å². The Balaban J connectivity index is 3.83. The fourth-order valence-electron chi connectivity index (χ4n) is 2.52. The van der Waals surface area contributed by atoms with E-state index < -0.39 is 42.2 Å². The molecular formula is C20H33N2O9PS. The number of carbonyl (C=O) groups excluding carboxylic acids is 2. The average Bonchev–Trinajstić information content (AvgIpc) is 2.70. The molecule has 188 valence electrons. The lowest BCUT2D eigenvalue weighted by molar-refractivity contribution is 0.0204. The predicted octanol–water partition coefficient (Wildman–Crippen LogP) is 4.73. The minimum absolute atomic E-state index is 0.0508. The van der Waals surface area contributed by atoms with E-state index in [2.05, 4.69) is 0 Å². The third kappa shape index (κ3) is 7.43. The smallest absolute Gasteiger partial charge is 0.445 e. The van der Waals surface area contributed by atoms with Crippen molar-refractivity contribution in [3.8, 4) is 0 Å². The first-order chi connectivity index (χ1) is 15.3. The highest BCUT2D eigenvalue weighted by Crippen LogP contribution is 2.54. The first-order valence-electron chi connectivity index (χ1n) is 10.6. The van der Waals surface area contributed by atoms with Crippen LogP contribution in [0.15, 0.2) is 29.2 Å². The summed E-state index contributed by atoms with van der Waals surface area (Å²) in [6.45, 7) is 10.3. The molecule has 0 saturated carbocycles. The van der Waals surface area contributed by atoms with Gasteiger partial charge in [0.1, 0.15) is 0 Å². The van der Waals surface area contributed by atoms with Gasteiger partial charge in [0.15, 0.2) is 0 Å². The maximum absolute atomic E-state index is 13.6. The number of hydrogen-bond donors (Lipinski definition) is 0. The zero-order valence-electron chi connectivity index (χ0n) is 20.0. The molecule has 0 fully saturated rings. The van der Waals surface area contributed by atoms with E-state index in [1.54, 1.807) is 12.1 Å². The molecule has 33 heavy (non-hydrogen) atoms. The number of sulfonamides is 1. The molecule has 0 saturated heterocycles. The molecule has 0 heterocycles. The van der Waals surface area contributed by atoms with Crippen LogP contribution in [-0.2, 0) is 39.5 Å². The highest BCUT2D eigenvalue weighted by Gasteiger charge is 2.51. The molecule has 1 rings (SSSR count). The molecule has 0 aliphatic rings. The number of nitrogens with zero attached hydrogens (tertiary/aromatic N) is 2. The first-order valence-corrected chi connectivity index (χ1v) is 13.5. The Morgan fingerprint density at radius 2 is 1.33 bits per heavy atom. The second-order valence-corrected chi connectivity index (χ2v) is 10.8. The summed E-state index contributed by atoms with van der Waals surface area (Å²) in [6.07, 6.45) is -3.77. The molecule has 0 aliphatic heterocycles. The number of aryl methyl sites for hydroxylation is 1. The first kappa shape index (κ1) is 28.9. The Morgan fingerprint density at radius 3 is 1.73 bits per heavy atom. The molecule has 0 aromatic heterocycles. The summed E-state index contributed by atoms with van der Waals surface area (Å²) in [7, 11) is -9.54. The molecule has 11 nitrogen and oxygen atoms in total. The second kappa shape index (κ2) is 12.4. The molecule has 1 aromatic carbocycles. The van der Waals surface area contributed by atoms with Gasteiger partial charge in [-0.1, -0.05) is 28.3 Å². The second-order valence-electron chi connectivity index (χ2n) is 7.20. The minimum atomic E-state index is -4.82. The molecule has 0 spiro atoms. The van der Waals surface area contributed by atoms with Crippen LogP contribution in [0, 0.1) is 0 Å². The molecule has 0 aliphatic carbocycles. The number of hydrogen-bond acceptors (Lipinski definition) is 9. The minimum Gasteiger partial charge on any atom is -0.445 e. The highest BCUT2D eigenvalue weighted by molar-refractivity contribution is 7.89. The van der Waals surface area contributed by atoms with Crippen LogP contribution >= 0.6 is 7.75 Å². The van der Waals surface area contributed by atoms with Gasteiger partial charge in [0.05, 0.1) is 30.3 Å². The number of amides is 2. The summed E-state index contributed by atoms with van der Waals surface area (Å²) in [5, 5.41) is 0. The largest absolute Gasteiger partial charge is 0.460 e. The summed E-state index contributed by atoms with van der Waals surface area (Å²) in [5.74, 6) is 0. The molecule has 2 amide bonds. The average molecular weight is 509 g/mol. The quantitative estimate of drug-likeness (QED) is 0.325. The van der Waals surface area contributed by atoms with Crippen molar-refractivity contribution in [3.63, 3.8) is 0 Å². The predicted molar refractivity (Wildman–Crippen MR) is 121 cm³/mol. The Morgan fingerprint density at radius 1 is 0.879 bits per heavy atom. The highest BCUT2D eigenvalue weighted by atomic mass is 32.2. The number of rotatable bonds is 10. The van der Waals surface area contributed by atoms with Crippen molar-refractivity contribution < 1.29 is 41.1 Å². The van der Waals surface area contributed by atoms with Crippen molar-refractivity contribution in [1.29, 1.82) is 0 Å². The lowest BCUT2D eigenvalue weighted by atomic mass is 10.2. The van der Waals surface area contributed by atoms with E-state index in [9.17, 15) is 22.6 Å². The van der Waals surface area contributed by atoms with Crippen LogP contribution in [-0.4, -0.2) is 55.2 Å². The fourth-order valence-corrected chi connectivity index (χ4v) is 5.73. The van der Waals surface area contributed by atoms with Crippen molar-refractivity contribution in [2.75, 3.05) is 13.2 Å². The van der Waals surface area contributed by atoms with E-state index in [0.29, 0.717) is 6.42 Å². The van der Waals surface area contributed by atoms with Crippen LogP contribution in [0.3, 0.4) is 0 Å². The van der Waals surface area contributed by atoms with Gasteiger partial charge in [-0.15, -0.1) is 0 Å². The zero-order chi connectivity index (χ0) is 25.4. The maximum Gasteiger partial charge on any atom is 0.460 e. The molecule has 13 heteroatoms. The molecule has 0 atom stereocenters. The molecular weight excluding hydrogens is 475 g/mol. The summed E-state index contributed by atoms with van der Waals surface area (Å²) < 4.78 is 61.3. The molecule has 1 aromatic rings. The molecule has 0 bridgehead atoms. The third-order valence-corrected chi connectivity index (χ3v) is 7.57. The van der Waals surface area contributed by atoms with E-state index in [4.69, 9.17) is 18.5 Å². The fraction of sp³-hybridized carbons (Fsp3) is 0.600. The van der Waals surface area contributed by atoms with E-state index in [-0.39, 0.29) is 27.3 Å². The van der Waals surface area contributed by atoms with Gasteiger partial charge in [0, 0.05) is 0 Å². The Labute approximate surface area is 195 Å². The molecule has 0 radical (unpaired) electrons. The summed E-state index contributed by atoms with van der Waals surface area (Å²) in [5.41, 5.74) is 0.843. The van der Waals surface area contributed by atoms with Crippen molar-refractivity contribution in [2.45, 2.75) is 72.0 Å². The number of hydrazine groups is 1. The number of benzene rings is 1. The van der Waals surface area contributed by atoms with Crippen molar-refractivity contribution in [2.24, 2.45) is 0 Å². The monoisotopic (exact) mass is 508 g/mol. The van der Waals surface area contributed by atoms with E-state index >= 15 is 0 Å². The molecule has 0 unspecified atom stereocenters. The van der Waals surface area contributed by atoms with Crippen molar-refractivity contribution >= 4 is 30.0 Å². The van der Waals surface area contributed by atoms with Crippen molar-refractivity contribution in [3.05, 3.63) is 29.8 Å². The van der Waals surface area contributed by atoms with Crippen LogP contribution in [0.25, 0.3) is 0 Å². The lowest BCUT2D eigenvalue weighted by Crippen LogP contribution is -2.52. The van der Waals surface area contributed by atoms with E-state index in [1.807, 2.05) is 6.92 Å². The summed E-state index contributed by atoms with van der Waals surface area (Å²) in [6, 6.07) is 5.64. The van der Waals surface area contributed by atoms with Crippen LogP contribution in [0.1, 0.15) is 54.0 Å². The van der Waals surface area contributed by atoms with Gasteiger partial charge >= 0.3 is 19.9 Å². The van der Waals surface area contributed by atoms with Gasteiger partial charge in [-0.3, -0.25) is 9.05 Å². The standard InChI is InChI=1S/C20H33N2O9PS/c1-8-17-11-13-18(14-12-17)33(26,27)22(20(24)31-16(6)7)21(19(23)30-15(4)5)32(25,28-9-2)29-10-3/h11-16H,8-10H2,1-7H3. The van der Waals surface area contributed by atoms with Gasteiger partial charge in [0.25, 0.3) is 10.0 Å². The van der Waals surface area contributed by atoms with Gasteiger partial charge in [-0.05, 0) is 65.7 Å². The summed E-state index contributed by atoms with van der Waals surface area (Å²) in [4.78, 5) is 25.7. The Kier molecular flexibility index (Phi) is 10.8. The van der Waals surface area contributed by atoms with E-state index in [0.717, 1.165) is 5.56 Å². The SMILES string of the molecule is CCOP(=O)(OCC)N(C(=O)OC(C)C)N(C(=O)OC(C)C)S(=O)(=O)c1ccc(CC)cc1. The van der Waals surface area contributed by atoms with Gasteiger partial charge in [0.2, 0.25) is 0 Å². The van der Waals surface area contributed by atoms with E-state index in [1.165, 1.54) is 53.7 Å². The van der Waals surface area contributed by atoms with Crippen LogP contribution < -0.4 is 0 Å². The van der Waals surface area contributed by atoms with Crippen molar-refractivity contribution in [1.82, 2.24) is 9.19 Å². The lowest BCUT2D eigenvalue weighted by Gasteiger charge is -2.35. The molecule has 0 N–H and O–H groups in total. The van der Waals surface area contributed by atoms with Crippen LogP contribution in [0.5, 0.6) is 0 Å². The number of carbonyl (C=O) groups is 2. The Hall–Kier alpha value is -2.14. The third-order valence-electron chi connectivity index (χ3n) is 3.84. The Bertz CT molecular complexity index is 939. The van der Waals surface area contributed by atoms with Crippen LogP contribution in [0.4, 0.5) is 9.59 Å². The van der Waals surface area contributed by atoms with Gasteiger partial charge in [-0.25, -0.2) is 14.2 Å². The maximum atomic E-state index is 13.6. The van der Waals surface area contributed by atoms with Crippen LogP contribution in [0.2, 0.25) is 0 Å². The number of ether oxygens (including phenoxy) is 2. The van der Waals surface area contributed by atoms with Gasteiger partial charge in [-0.2, -0.15) is 8.42 Å².